The molecule has 2 rings (SSSR count). The van der Waals surface area contributed by atoms with E-state index in [0.29, 0.717) is 11.6 Å². The largest absolute Gasteiger partial charge is 0.478 e. The number of aromatic carboxylic acids is 1. The van der Waals surface area contributed by atoms with Crippen molar-refractivity contribution in [3.8, 4) is 0 Å². The van der Waals surface area contributed by atoms with E-state index in [1.165, 1.54) is 19.3 Å². The first-order valence-corrected chi connectivity index (χ1v) is 7.12. The lowest BCUT2D eigenvalue weighted by Crippen LogP contribution is -2.35. The van der Waals surface area contributed by atoms with Crippen molar-refractivity contribution in [1.29, 1.82) is 0 Å². The van der Waals surface area contributed by atoms with Gasteiger partial charge in [-0.3, -0.25) is 0 Å². The minimum absolute atomic E-state index is 0.366. The lowest BCUT2D eigenvalue weighted by Gasteiger charge is -2.32. The van der Waals surface area contributed by atoms with E-state index in [1.807, 2.05) is 12.1 Å². The van der Waals surface area contributed by atoms with E-state index >= 15 is 0 Å². The van der Waals surface area contributed by atoms with Crippen molar-refractivity contribution in [2.45, 2.75) is 45.7 Å². The number of benzene rings is 1. The number of hydrogen-bond acceptors (Lipinski definition) is 2. The highest BCUT2D eigenvalue weighted by molar-refractivity contribution is 5.87. The minimum atomic E-state index is -0.859. The maximum absolute atomic E-state index is 10.9. The summed E-state index contributed by atoms with van der Waals surface area (Å²) >= 11 is 0. The van der Waals surface area contributed by atoms with Crippen molar-refractivity contribution >= 4 is 5.97 Å². The number of carboxylic acids is 1. The van der Waals surface area contributed by atoms with Crippen molar-refractivity contribution in [2.75, 3.05) is 0 Å². The molecule has 3 atom stereocenters. The highest BCUT2D eigenvalue weighted by atomic mass is 16.4. The maximum Gasteiger partial charge on any atom is 0.335 e. The Balaban J connectivity index is 1.88. The summed E-state index contributed by atoms with van der Waals surface area (Å²) in [6.45, 7) is 5.41. The van der Waals surface area contributed by atoms with Gasteiger partial charge >= 0.3 is 5.97 Å². The standard InChI is InChI=1S/C16H23NO2/c1-11-6-7-15(8-12(11)2)17-10-13-4-3-5-14(9-13)16(18)19/h3-5,9,11-12,15,17H,6-8,10H2,1-2H3,(H,18,19). The topological polar surface area (TPSA) is 49.3 Å². The molecular weight excluding hydrogens is 238 g/mol. The van der Waals surface area contributed by atoms with Gasteiger partial charge in [0.05, 0.1) is 5.56 Å². The Bertz CT molecular complexity index is 444. The van der Waals surface area contributed by atoms with Gasteiger partial charge in [0.15, 0.2) is 0 Å². The third-order valence-electron chi connectivity index (χ3n) is 4.37. The lowest BCUT2D eigenvalue weighted by atomic mass is 9.79. The van der Waals surface area contributed by atoms with Crippen LogP contribution in [0.3, 0.4) is 0 Å². The second kappa shape index (κ2) is 6.20. The Morgan fingerprint density at radius 3 is 2.79 bits per heavy atom. The number of nitrogens with one attached hydrogen (secondary N) is 1. The van der Waals surface area contributed by atoms with Crippen LogP contribution in [0.2, 0.25) is 0 Å². The van der Waals surface area contributed by atoms with Gasteiger partial charge in [-0.15, -0.1) is 0 Å². The van der Waals surface area contributed by atoms with Crippen molar-refractivity contribution in [3.63, 3.8) is 0 Å². The smallest absolute Gasteiger partial charge is 0.335 e. The zero-order chi connectivity index (χ0) is 13.8. The van der Waals surface area contributed by atoms with Gasteiger partial charge in [-0.1, -0.05) is 26.0 Å². The predicted octanol–water partition coefficient (Wildman–Crippen LogP) is 3.30. The highest BCUT2D eigenvalue weighted by Crippen LogP contribution is 2.29. The van der Waals surface area contributed by atoms with Crippen molar-refractivity contribution in [3.05, 3.63) is 35.4 Å². The lowest BCUT2D eigenvalue weighted by molar-refractivity contribution is 0.0696. The van der Waals surface area contributed by atoms with E-state index < -0.39 is 5.97 Å². The van der Waals surface area contributed by atoms with Gasteiger partial charge in [0.25, 0.3) is 0 Å². The summed E-state index contributed by atoms with van der Waals surface area (Å²) in [5.74, 6) is 0.743. The van der Waals surface area contributed by atoms with Gasteiger partial charge in [0.2, 0.25) is 0 Å². The molecule has 1 aromatic rings. The molecule has 104 valence electrons. The molecule has 0 heterocycles. The van der Waals surface area contributed by atoms with Crippen LogP contribution in [0.5, 0.6) is 0 Å². The van der Waals surface area contributed by atoms with E-state index in [0.717, 1.165) is 23.9 Å². The van der Waals surface area contributed by atoms with Crippen LogP contribution in [-0.4, -0.2) is 17.1 Å². The molecule has 0 saturated heterocycles. The molecule has 3 nitrogen and oxygen atoms in total. The maximum atomic E-state index is 10.9. The fourth-order valence-electron chi connectivity index (χ4n) is 2.81. The van der Waals surface area contributed by atoms with Crippen LogP contribution in [0, 0.1) is 11.8 Å². The molecule has 19 heavy (non-hydrogen) atoms. The summed E-state index contributed by atoms with van der Waals surface area (Å²) in [5, 5.41) is 12.5. The number of hydrogen-bond donors (Lipinski definition) is 2. The number of carbonyl (C=O) groups is 1. The third-order valence-corrected chi connectivity index (χ3v) is 4.37. The molecule has 1 aliphatic rings. The van der Waals surface area contributed by atoms with Gasteiger partial charge in [0, 0.05) is 12.6 Å². The summed E-state index contributed by atoms with van der Waals surface area (Å²) in [7, 11) is 0. The summed E-state index contributed by atoms with van der Waals surface area (Å²) in [6.07, 6.45) is 3.73. The first kappa shape index (κ1) is 14.1. The van der Waals surface area contributed by atoms with Gasteiger partial charge < -0.3 is 10.4 Å². The van der Waals surface area contributed by atoms with E-state index in [4.69, 9.17) is 5.11 Å². The Hall–Kier alpha value is -1.35. The molecule has 1 fully saturated rings. The number of carboxylic acid groups (broad SMARTS) is 1. The predicted molar refractivity (Wildman–Crippen MR) is 76.2 cm³/mol. The van der Waals surface area contributed by atoms with Crippen LogP contribution in [0.4, 0.5) is 0 Å². The summed E-state index contributed by atoms with van der Waals surface area (Å²) in [4.78, 5) is 10.9. The molecule has 1 aromatic carbocycles. The van der Waals surface area contributed by atoms with Crippen LogP contribution >= 0.6 is 0 Å². The van der Waals surface area contributed by atoms with Crippen LogP contribution in [0.15, 0.2) is 24.3 Å². The second-order valence-electron chi connectivity index (χ2n) is 5.85. The quantitative estimate of drug-likeness (QED) is 0.874. The van der Waals surface area contributed by atoms with E-state index in [9.17, 15) is 4.79 Å². The average Bonchev–Trinajstić information content (AvgIpc) is 2.40. The van der Waals surface area contributed by atoms with E-state index in [-0.39, 0.29) is 0 Å². The van der Waals surface area contributed by atoms with Crippen LogP contribution in [-0.2, 0) is 6.54 Å². The summed E-state index contributed by atoms with van der Waals surface area (Å²) in [5.41, 5.74) is 1.41. The zero-order valence-electron chi connectivity index (χ0n) is 11.7. The molecule has 0 radical (unpaired) electrons. The molecule has 0 amide bonds. The first-order valence-electron chi connectivity index (χ1n) is 7.12. The second-order valence-corrected chi connectivity index (χ2v) is 5.85. The minimum Gasteiger partial charge on any atom is -0.478 e. The monoisotopic (exact) mass is 261 g/mol. The highest BCUT2D eigenvalue weighted by Gasteiger charge is 2.23. The zero-order valence-corrected chi connectivity index (χ0v) is 11.7. The Kier molecular flexibility index (Phi) is 4.59. The van der Waals surface area contributed by atoms with Gasteiger partial charge in [0.1, 0.15) is 0 Å². The van der Waals surface area contributed by atoms with Crippen LogP contribution in [0.1, 0.15) is 49.0 Å². The molecule has 3 unspecified atom stereocenters. The fourth-order valence-corrected chi connectivity index (χ4v) is 2.81. The SMILES string of the molecule is CC1CCC(NCc2cccc(C(=O)O)c2)CC1C. The van der Waals surface area contributed by atoms with Crippen molar-refractivity contribution < 1.29 is 9.90 Å². The summed E-state index contributed by atoms with van der Waals surface area (Å²) < 4.78 is 0. The third kappa shape index (κ3) is 3.80. The molecule has 0 aromatic heterocycles. The Morgan fingerprint density at radius 1 is 1.32 bits per heavy atom. The molecule has 0 bridgehead atoms. The average molecular weight is 261 g/mol. The van der Waals surface area contributed by atoms with E-state index in [2.05, 4.69) is 19.2 Å². The normalized spacial score (nSPS) is 27.2. The van der Waals surface area contributed by atoms with Crippen molar-refractivity contribution in [2.24, 2.45) is 11.8 Å². The van der Waals surface area contributed by atoms with Crippen LogP contribution < -0.4 is 5.32 Å². The Morgan fingerprint density at radius 2 is 2.11 bits per heavy atom. The molecule has 3 heteroatoms. The first-order chi connectivity index (χ1) is 9.06. The molecule has 2 N–H and O–H groups in total. The fraction of sp³-hybridized carbons (Fsp3) is 0.562. The summed E-state index contributed by atoms with van der Waals surface area (Å²) in [6, 6.07) is 7.75. The molecule has 1 saturated carbocycles. The Labute approximate surface area is 115 Å². The van der Waals surface area contributed by atoms with Gasteiger partial charge in [-0.05, 0) is 48.8 Å². The van der Waals surface area contributed by atoms with E-state index in [1.54, 1.807) is 12.1 Å². The molecule has 1 aliphatic carbocycles. The molecular formula is C16H23NO2. The molecule has 0 aliphatic heterocycles. The van der Waals surface area contributed by atoms with Gasteiger partial charge in [-0.2, -0.15) is 0 Å². The molecule has 0 spiro atoms. The van der Waals surface area contributed by atoms with Crippen molar-refractivity contribution in [1.82, 2.24) is 5.32 Å². The van der Waals surface area contributed by atoms with Gasteiger partial charge in [-0.25, -0.2) is 4.79 Å². The van der Waals surface area contributed by atoms with Crippen LogP contribution in [0.25, 0.3) is 0 Å². The number of rotatable bonds is 4.